The van der Waals surface area contributed by atoms with E-state index in [1.165, 1.54) is 6.92 Å². The van der Waals surface area contributed by atoms with E-state index in [1.807, 2.05) is 19.9 Å². The Balaban J connectivity index is 1.85. The minimum absolute atomic E-state index is 0.0148. The Morgan fingerprint density at radius 2 is 1.93 bits per heavy atom. The van der Waals surface area contributed by atoms with Crippen LogP contribution >= 0.6 is 0 Å². The van der Waals surface area contributed by atoms with Crippen molar-refractivity contribution in [3.05, 3.63) is 23.4 Å². The lowest BCUT2D eigenvalue weighted by molar-refractivity contribution is -0.117. The maximum absolute atomic E-state index is 13.0. The molecule has 29 heavy (non-hydrogen) atoms. The normalized spacial score (nSPS) is 19.3. The molecule has 1 aromatic rings. The van der Waals surface area contributed by atoms with Crippen molar-refractivity contribution in [1.82, 2.24) is 15.6 Å². The summed E-state index contributed by atoms with van der Waals surface area (Å²) in [6.07, 6.45) is 3.90. The zero-order valence-electron chi connectivity index (χ0n) is 17.5. The first-order chi connectivity index (χ1) is 13.6. The number of carbonyl (C=O) groups excluding carboxylic acids is 2. The standard InChI is InChI=1S/C21H30N4O3S/c1-12(2)11-29(28)19-16(14-5-6-14)9-10-17(24-19)18(27)25-21(4,15-7-8-15)20(22)23-13(3)26/h9-10,12,14-15H,5-8,11H2,1-4H3,(H,25,27)(H2,22,23,26). The second-order valence-electron chi connectivity index (χ2n) is 8.76. The molecule has 8 heteroatoms. The number of pyridine rings is 1. The van der Waals surface area contributed by atoms with Gasteiger partial charge in [-0.2, -0.15) is 0 Å². The maximum Gasteiger partial charge on any atom is 0.270 e. The molecule has 158 valence electrons. The number of hydrogen-bond donors (Lipinski definition) is 3. The van der Waals surface area contributed by atoms with E-state index >= 15 is 0 Å². The van der Waals surface area contributed by atoms with Crippen molar-refractivity contribution in [2.45, 2.75) is 69.9 Å². The first kappa shape index (κ1) is 21.6. The van der Waals surface area contributed by atoms with E-state index in [0.29, 0.717) is 16.7 Å². The summed E-state index contributed by atoms with van der Waals surface area (Å²) >= 11 is 0. The highest BCUT2D eigenvalue weighted by atomic mass is 32.2. The second kappa shape index (κ2) is 8.34. The molecule has 0 radical (unpaired) electrons. The van der Waals surface area contributed by atoms with Gasteiger partial charge in [-0.3, -0.25) is 19.2 Å². The molecule has 0 aromatic carbocycles. The fourth-order valence-electron chi connectivity index (χ4n) is 3.48. The number of amides is 2. The van der Waals surface area contributed by atoms with Crippen molar-refractivity contribution in [2.24, 2.45) is 11.8 Å². The van der Waals surface area contributed by atoms with Gasteiger partial charge in [-0.15, -0.1) is 0 Å². The van der Waals surface area contributed by atoms with Gasteiger partial charge in [0.05, 0.1) is 16.3 Å². The van der Waals surface area contributed by atoms with Gasteiger partial charge in [0.1, 0.15) is 16.6 Å². The van der Waals surface area contributed by atoms with Crippen LogP contribution in [-0.2, 0) is 15.6 Å². The molecule has 2 amide bonds. The number of rotatable bonds is 8. The van der Waals surface area contributed by atoms with Gasteiger partial charge < -0.3 is 10.6 Å². The lowest BCUT2D eigenvalue weighted by atomic mass is 9.93. The minimum Gasteiger partial charge on any atom is -0.338 e. The topological polar surface area (TPSA) is 112 Å². The third-order valence-electron chi connectivity index (χ3n) is 5.43. The molecule has 2 unspecified atom stereocenters. The predicted octanol–water partition coefficient (Wildman–Crippen LogP) is 2.73. The zero-order valence-corrected chi connectivity index (χ0v) is 18.3. The molecule has 0 spiro atoms. The SMILES string of the molecule is CC(=O)NC(=N)C(C)(NC(=O)c1ccc(C2CC2)c(S(=O)CC(C)C)n1)C1CC1. The Bertz CT molecular complexity index is 861. The highest BCUT2D eigenvalue weighted by molar-refractivity contribution is 7.85. The van der Waals surface area contributed by atoms with Crippen LogP contribution in [0.25, 0.3) is 0 Å². The van der Waals surface area contributed by atoms with Gasteiger partial charge in [0.2, 0.25) is 5.91 Å². The van der Waals surface area contributed by atoms with Gasteiger partial charge in [-0.05, 0) is 62.0 Å². The van der Waals surface area contributed by atoms with Crippen LogP contribution in [0.1, 0.15) is 75.3 Å². The van der Waals surface area contributed by atoms with Crippen molar-refractivity contribution in [2.75, 3.05) is 5.75 Å². The van der Waals surface area contributed by atoms with Crippen molar-refractivity contribution in [3.63, 3.8) is 0 Å². The molecular formula is C21H30N4O3S. The molecule has 0 aliphatic heterocycles. The summed E-state index contributed by atoms with van der Waals surface area (Å²) in [5.41, 5.74) is 0.220. The van der Waals surface area contributed by atoms with Crippen LogP contribution in [0.15, 0.2) is 17.2 Å². The van der Waals surface area contributed by atoms with Crippen LogP contribution in [0, 0.1) is 17.2 Å². The monoisotopic (exact) mass is 418 g/mol. The number of nitrogens with one attached hydrogen (secondary N) is 3. The first-order valence-electron chi connectivity index (χ1n) is 10.2. The van der Waals surface area contributed by atoms with Crippen molar-refractivity contribution in [3.8, 4) is 0 Å². The van der Waals surface area contributed by atoms with Crippen LogP contribution in [-0.4, -0.2) is 38.1 Å². The van der Waals surface area contributed by atoms with Gasteiger partial charge in [0.25, 0.3) is 5.91 Å². The fourth-order valence-corrected chi connectivity index (χ4v) is 4.94. The van der Waals surface area contributed by atoms with Crippen LogP contribution in [0.4, 0.5) is 0 Å². The van der Waals surface area contributed by atoms with Crippen LogP contribution < -0.4 is 10.6 Å². The van der Waals surface area contributed by atoms with E-state index in [-0.39, 0.29) is 29.3 Å². The van der Waals surface area contributed by atoms with Crippen LogP contribution in [0.2, 0.25) is 0 Å². The van der Waals surface area contributed by atoms with Crippen LogP contribution in [0.3, 0.4) is 0 Å². The molecule has 2 fully saturated rings. The smallest absolute Gasteiger partial charge is 0.270 e. The minimum atomic E-state index is -1.26. The Morgan fingerprint density at radius 3 is 2.45 bits per heavy atom. The van der Waals surface area contributed by atoms with E-state index in [2.05, 4.69) is 15.6 Å². The number of carbonyl (C=O) groups is 2. The summed E-state index contributed by atoms with van der Waals surface area (Å²) in [5.74, 6) is 0.484. The number of amidine groups is 1. The van der Waals surface area contributed by atoms with Crippen molar-refractivity contribution in [1.29, 1.82) is 5.41 Å². The maximum atomic E-state index is 13.0. The molecule has 7 nitrogen and oxygen atoms in total. The van der Waals surface area contributed by atoms with Gasteiger partial charge in [0, 0.05) is 12.7 Å². The lowest BCUT2D eigenvalue weighted by Gasteiger charge is -2.31. The van der Waals surface area contributed by atoms with Gasteiger partial charge in [0.15, 0.2) is 0 Å². The third kappa shape index (κ3) is 5.10. The Hall–Kier alpha value is -2.09. The average molecular weight is 419 g/mol. The summed E-state index contributed by atoms with van der Waals surface area (Å²) in [6, 6.07) is 3.55. The molecule has 2 atom stereocenters. The fraction of sp³-hybridized carbons (Fsp3) is 0.619. The largest absolute Gasteiger partial charge is 0.338 e. The van der Waals surface area contributed by atoms with Crippen molar-refractivity contribution < 1.29 is 13.8 Å². The molecule has 2 aliphatic carbocycles. The second-order valence-corrected chi connectivity index (χ2v) is 10.2. The quantitative estimate of drug-likeness (QED) is 0.445. The molecule has 0 saturated heterocycles. The zero-order chi connectivity index (χ0) is 21.3. The molecule has 1 aromatic heterocycles. The molecule has 3 rings (SSSR count). The van der Waals surface area contributed by atoms with Gasteiger partial charge in [-0.25, -0.2) is 4.98 Å². The molecule has 1 heterocycles. The van der Waals surface area contributed by atoms with Crippen molar-refractivity contribution >= 4 is 28.4 Å². The molecule has 0 bridgehead atoms. The highest BCUT2D eigenvalue weighted by Crippen LogP contribution is 2.42. The third-order valence-corrected chi connectivity index (χ3v) is 7.16. The molecule has 3 N–H and O–H groups in total. The molecular weight excluding hydrogens is 388 g/mol. The number of nitrogens with zero attached hydrogens (tertiary/aromatic N) is 1. The molecule has 2 saturated carbocycles. The van der Waals surface area contributed by atoms with E-state index in [0.717, 1.165) is 31.2 Å². The predicted molar refractivity (Wildman–Crippen MR) is 112 cm³/mol. The van der Waals surface area contributed by atoms with E-state index in [9.17, 15) is 13.8 Å². The van der Waals surface area contributed by atoms with E-state index in [4.69, 9.17) is 5.41 Å². The molecule has 2 aliphatic rings. The highest BCUT2D eigenvalue weighted by Gasteiger charge is 2.46. The Kier molecular flexibility index (Phi) is 6.22. The lowest BCUT2D eigenvalue weighted by Crippen LogP contribution is -2.59. The first-order valence-corrected chi connectivity index (χ1v) is 11.5. The Labute approximate surface area is 174 Å². The van der Waals surface area contributed by atoms with Gasteiger partial charge in [-0.1, -0.05) is 19.9 Å². The summed E-state index contributed by atoms with van der Waals surface area (Å²) in [7, 11) is -1.26. The number of aromatic nitrogens is 1. The summed E-state index contributed by atoms with van der Waals surface area (Å²) in [6.45, 7) is 7.13. The summed E-state index contributed by atoms with van der Waals surface area (Å²) in [4.78, 5) is 28.9. The summed E-state index contributed by atoms with van der Waals surface area (Å²) < 4.78 is 12.9. The summed E-state index contributed by atoms with van der Waals surface area (Å²) in [5, 5.41) is 14.2. The van der Waals surface area contributed by atoms with Gasteiger partial charge >= 0.3 is 0 Å². The van der Waals surface area contributed by atoms with E-state index in [1.54, 1.807) is 13.0 Å². The number of hydrogen-bond acceptors (Lipinski definition) is 5. The van der Waals surface area contributed by atoms with Crippen LogP contribution in [0.5, 0.6) is 0 Å². The average Bonchev–Trinajstić information content (AvgIpc) is 3.52. The van der Waals surface area contributed by atoms with E-state index < -0.39 is 22.2 Å². The Morgan fingerprint density at radius 1 is 1.28 bits per heavy atom.